The van der Waals surface area contributed by atoms with E-state index in [1.807, 2.05) is 0 Å². The summed E-state index contributed by atoms with van der Waals surface area (Å²) in [6.07, 6.45) is 7.61. The highest BCUT2D eigenvalue weighted by molar-refractivity contribution is 6.30. The molecule has 1 nitrogen and oxygen atoms in total. The molecule has 112 valence electrons. The minimum absolute atomic E-state index is 0.142. The number of hydrogen-bond acceptors (Lipinski definition) is 1. The number of rotatable bonds is 4. The smallest absolute Gasteiger partial charge is 0.145 e. The number of halogens is 2. The first-order chi connectivity index (χ1) is 9.54. The third-order valence-electron chi connectivity index (χ3n) is 4.52. The van der Waals surface area contributed by atoms with Crippen molar-refractivity contribution in [2.24, 2.45) is 5.92 Å². The average Bonchev–Trinajstić information content (AvgIpc) is 2.59. The zero-order chi connectivity index (χ0) is 14.6. The lowest BCUT2D eigenvalue weighted by Gasteiger charge is -2.27. The van der Waals surface area contributed by atoms with Gasteiger partial charge in [-0.25, -0.2) is 4.39 Å². The van der Waals surface area contributed by atoms with Crippen molar-refractivity contribution in [3.05, 3.63) is 34.6 Å². The van der Waals surface area contributed by atoms with Crippen molar-refractivity contribution in [1.82, 2.24) is 0 Å². The zero-order valence-corrected chi connectivity index (χ0v) is 12.9. The largest absolute Gasteiger partial charge is 0.390 e. The Hall–Kier alpha value is -0.600. The van der Waals surface area contributed by atoms with E-state index in [0.29, 0.717) is 12.0 Å². The van der Waals surface area contributed by atoms with E-state index >= 15 is 0 Å². The number of aliphatic hydroxyl groups is 1. The van der Waals surface area contributed by atoms with Crippen LogP contribution < -0.4 is 0 Å². The second kappa shape index (κ2) is 6.91. The van der Waals surface area contributed by atoms with Crippen molar-refractivity contribution in [2.45, 2.75) is 63.9 Å². The Balaban J connectivity index is 2.05. The molecule has 1 aliphatic carbocycles. The molecule has 1 saturated carbocycles. The Morgan fingerprint density at radius 3 is 2.90 bits per heavy atom. The standard InChI is InChI=1S/C17H24ClFO/c1-2-5-13-6-4-10-17(20,11-9-13)12-14-7-3-8-15(18)16(14)19/h3,7-8,13,20H,2,4-6,9-12H2,1H3. The lowest BCUT2D eigenvalue weighted by Crippen LogP contribution is -2.31. The molecule has 1 aromatic carbocycles. The average molecular weight is 299 g/mol. The van der Waals surface area contributed by atoms with Crippen LogP contribution in [0, 0.1) is 11.7 Å². The molecule has 0 aliphatic heterocycles. The normalized spacial score (nSPS) is 27.3. The molecule has 0 spiro atoms. The molecule has 1 aromatic rings. The summed E-state index contributed by atoms with van der Waals surface area (Å²) in [5.74, 6) is 0.343. The molecule has 2 unspecified atom stereocenters. The van der Waals surface area contributed by atoms with Crippen LogP contribution in [0.3, 0.4) is 0 Å². The highest BCUT2D eigenvalue weighted by atomic mass is 35.5. The van der Waals surface area contributed by atoms with Crippen LogP contribution in [0.25, 0.3) is 0 Å². The summed E-state index contributed by atoms with van der Waals surface area (Å²) < 4.78 is 14.0. The van der Waals surface area contributed by atoms with Crippen molar-refractivity contribution in [2.75, 3.05) is 0 Å². The van der Waals surface area contributed by atoms with Gasteiger partial charge in [-0.15, -0.1) is 0 Å². The van der Waals surface area contributed by atoms with Crippen LogP contribution in [0.5, 0.6) is 0 Å². The van der Waals surface area contributed by atoms with E-state index in [9.17, 15) is 9.50 Å². The van der Waals surface area contributed by atoms with Gasteiger partial charge in [0, 0.05) is 6.42 Å². The zero-order valence-electron chi connectivity index (χ0n) is 12.2. The second-order valence-electron chi connectivity index (χ2n) is 6.20. The van der Waals surface area contributed by atoms with Crippen LogP contribution >= 0.6 is 11.6 Å². The molecule has 0 bridgehead atoms. The van der Waals surface area contributed by atoms with E-state index in [0.717, 1.165) is 31.6 Å². The lowest BCUT2D eigenvalue weighted by atomic mass is 9.86. The molecular weight excluding hydrogens is 275 g/mol. The molecule has 0 amide bonds. The minimum Gasteiger partial charge on any atom is -0.390 e. The Morgan fingerprint density at radius 1 is 1.35 bits per heavy atom. The van der Waals surface area contributed by atoms with Crippen LogP contribution in [-0.2, 0) is 6.42 Å². The maximum Gasteiger partial charge on any atom is 0.145 e. The van der Waals surface area contributed by atoms with Crippen LogP contribution in [-0.4, -0.2) is 10.7 Å². The van der Waals surface area contributed by atoms with Gasteiger partial charge in [0.15, 0.2) is 0 Å². The number of hydrogen-bond donors (Lipinski definition) is 1. The van der Waals surface area contributed by atoms with Crippen molar-refractivity contribution >= 4 is 11.6 Å². The fraction of sp³-hybridized carbons (Fsp3) is 0.647. The summed E-state index contributed by atoms with van der Waals surface area (Å²) in [6.45, 7) is 2.21. The second-order valence-corrected chi connectivity index (χ2v) is 6.61. The van der Waals surface area contributed by atoms with Crippen LogP contribution in [0.15, 0.2) is 18.2 Å². The first-order valence-corrected chi connectivity index (χ1v) is 8.07. The summed E-state index contributed by atoms with van der Waals surface area (Å²) in [7, 11) is 0. The van der Waals surface area contributed by atoms with Crippen molar-refractivity contribution < 1.29 is 9.50 Å². The summed E-state index contributed by atoms with van der Waals surface area (Å²) >= 11 is 5.82. The van der Waals surface area contributed by atoms with Gasteiger partial charge in [-0.2, -0.15) is 0 Å². The lowest BCUT2D eigenvalue weighted by molar-refractivity contribution is 0.0233. The third kappa shape index (κ3) is 3.95. The molecule has 0 saturated heterocycles. The van der Waals surface area contributed by atoms with Gasteiger partial charge >= 0.3 is 0 Å². The Kier molecular flexibility index (Phi) is 5.45. The highest BCUT2D eigenvalue weighted by Crippen LogP contribution is 2.35. The maximum absolute atomic E-state index is 14.0. The van der Waals surface area contributed by atoms with Gasteiger partial charge in [0.05, 0.1) is 10.6 Å². The summed E-state index contributed by atoms with van der Waals surface area (Å²) in [4.78, 5) is 0. The minimum atomic E-state index is -0.770. The van der Waals surface area contributed by atoms with Gasteiger partial charge < -0.3 is 5.11 Å². The Morgan fingerprint density at radius 2 is 2.15 bits per heavy atom. The summed E-state index contributed by atoms with van der Waals surface area (Å²) in [5, 5.41) is 10.9. The van der Waals surface area contributed by atoms with Gasteiger partial charge in [0.1, 0.15) is 5.82 Å². The van der Waals surface area contributed by atoms with Gasteiger partial charge in [0.2, 0.25) is 0 Å². The van der Waals surface area contributed by atoms with E-state index in [4.69, 9.17) is 11.6 Å². The molecule has 1 aliphatic rings. The van der Waals surface area contributed by atoms with Crippen molar-refractivity contribution in [1.29, 1.82) is 0 Å². The Bertz CT molecular complexity index is 449. The molecule has 0 heterocycles. The fourth-order valence-electron chi connectivity index (χ4n) is 3.38. The quantitative estimate of drug-likeness (QED) is 0.764. The fourth-order valence-corrected chi connectivity index (χ4v) is 3.57. The number of benzene rings is 1. The monoisotopic (exact) mass is 298 g/mol. The first kappa shape index (κ1) is 15.8. The predicted octanol–water partition coefficient (Wildman–Crippen LogP) is 5.13. The first-order valence-electron chi connectivity index (χ1n) is 7.69. The van der Waals surface area contributed by atoms with Crippen molar-refractivity contribution in [3.63, 3.8) is 0 Å². The highest BCUT2D eigenvalue weighted by Gasteiger charge is 2.31. The maximum atomic E-state index is 14.0. The van der Waals surface area contributed by atoms with E-state index in [2.05, 4.69) is 6.92 Å². The van der Waals surface area contributed by atoms with E-state index in [1.165, 1.54) is 19.3 Å². The molecule has 1 fully saturated rings. The molecule has 0 aromatic heterocycles. The summed E-state index contributed by atoms with van der Waals surface area (Å²) in [5.41, 5.74) is -0.234. The van der Waals surface area contributed by atoms with Gasteiger partial charge in [-0.05, 0) is 36.8 Å². The topological polar surface area (TPSA) is 20.2 Å². The molecule has 2 atom stereocenters. The van der Waals surface area contributed by atoms with Gasteiger partial charge in [0.25, 0.3) is 0 Å². The predicted molar refractivity (Wildman–Crippen MR) is 81.5 cm³/mol. The molecule has 1 N–H and O–H groups in total. The molecule has 20 heavy (non-hydrogen) atoms. The van der Waals surface area contributed by atoms with Gasteiger partial charge in [-0.1, -0.05) is 56.3 Å². The Labute approximate surface area is 126 Å². The molecule has 2 rings (SSSR count). The van der Waals surface area contributed by atoms with Crippen molar-refractivity contribution in [3.8, 4) is 0 Å². The van der Waals surface area contributed by atoms with Crippen LogP contribution in [0.2, 0.25) is 5.02 Å². The summed E-state index contributed by atoms with van der Waals surface area (Å²) in [6, 6.07) is 5.03. The molecular formula is C17H24ClFO. The van der Waals surface area contributed by atoms with E-state index < -0.39 is 5.60 Å². The third-order valence-corrected chi connectivity index (χ3v) is 4.81. The van der Waals surface area contributed by atoms with E-state index in [1.54, 1.807) is 18.2 Å². The van der Waals surface area contributed by atoms with E-state index in [-0.39, 0.29) is 10.8 Å². The molecule has 3 heteroatoms. The van der Waals surface area contributed by atoms with Gasteiger partial charge in [-0.3, -0.25) is 0 Å². The SMILES string of the molecule is CCCC1CCCC(O)(Cc2cccc(Cl)c2F)CC1. The molecule has 0 radical (unpaired) electrons. The van der Waals surface area contributed by atoms with Crippen LogP contribution in [0.1, 0.15) is 57.4 Å². The van der Waals surface area contributed by atoms with Crippen LogP contribution in [0.4, 0.5) is 4.39 Å².